The van der Waals surface area contributed by atoms with E-state index in [0.29, 0.717) is 0 Å². The van der Waals surface area contributed by atoms with Gasteiger partial charge in [-0.15, -0.1) is 0 Å². The molecule has 0 radical (unpaired) electrons. The lowest BCUT2D eigenvalue weighted by molar-refractivity contribution is 0.491. The van der Waals surface area contributed by atoms with Crippen LogP contribution in [0.4, 0.5) is 0 Å². The van der Waals surface area contributed by atoms with Crippen molar-refractivity contribution in [2.75, 3.05) is 0 Å². The van der Waals surface area contributed by atoms with Crippen LogP contribution < -0.4 is 5.32 Å². The van der Waals surface area contributed by atoms with Crippen LogP contribution in [-0.2, 0) is 6.54 Å². The molecule has 1 aromatic carbocycles. The summed E-state index contributed by atoms with van der Waals surface area (Å²) in [6, 6.07) is 8.42. The zero-order valence-corrected chi connectivity index (χ0v) is 14.2. The Morgan fingerprint density at radius 2 is 1.86 bits per heavy atom. The molecule has 21 heavy (non-hydrogen) atoms. The van der Waals surface area contributed by atoms with Crippen LogP contribution in [0.25, 0.3) is 0 Å². The van der Waals surface area contributed by atoms with Gasteiger partial charge in [0.2, 0.25) is 0 Å². The molecule has 0 amide bonds. The molecule has 0 bridgehead atoms. The Balaban J connectivity index is 2.20. The number of aromatic nitrogens is 2. The molecule has 2 rings (SSSR count). The maximum atomic E-state index is 6.28. The molecule has 0 aliphatic carbocycles. The van der Waals surface area contributed by atoms with Gasteiger partial charge >= 0.3 is 0 Å². The zero-order chi connectivity index (χ0) is 15.6. The van der Waals surface area contributed by atoms with E-state index in [1.807, 2.05) is 18.2 Å². The average Bonchev–Trinajstić information content (AvgIpc) is 2.73. The van der Waals surface area contributed by atoms with Gasteiger partial charge in [-0.2, -0.15) is 5.10 Å². The molecule has 3 nitrogen and oxygen atoms in total. The number of halogens is 1. The second-order valence-corrected chi connectivity index (χ2v) is 5.94. The predicted octanol–water partition coefficient (Wildman–Crippen LogP) is 4.59. The van der Waals surface area contributed by atoms with E-state index in [1.54, 1.807) is 0 Å². The van der Waals surface area contributed by atoms with Gasteiger partial charge in [0.05, 0.1) is 5.69 Å². The van der Waals surface area contributed by atoms with Crippen LogP contribution in [0.5, 0.6) is 0 Å². The number of rotatable bonds is 5. The fourth-order valence-electron chi connectivity index (χ4n) is 3.02. The molecule has 1 N–H and O–H groups in total. The molecule has 4 heteroatoms. The summed E-state index contributed by atoms with van der Waals surface area (Å²) in [4.78, 5) is 0. The highest BCUT2D eigenvalue weighted by Gasteiger charge is 2.19. The van der Waals surface area contributed by atoms with Gasteiger partial charge in [0.1, 0.15) is 0 Å². The Hall–Kier alpha value is -1.32. The number of nitrogens with one attached hydrogen (secondary N) is 1. The number of aryl methyl sites for hydroxylation is 2. The normalized spacial score (nSPS) is 14.2. The third kappa shape index (κ3) is 3.30. The molecule has 114 valence electrons. The predicted molar refractivity (Wildman–Crippen MR) is 88.8 cm³/mol. The molecule has 0 saturated carbocycles. The first-order valence-electron chi connectivity index (χ1n) is 7.50. The molecule has 1 heterocycles. The second-order valence-electron chi connectivity index (χ2n) is 5.53. The molecule has 1 unspecified atom stereocenters. The van der Waals surface area contributed by atoms with Crippen LogP contribution in [0.15, 0.2) is 24.3 Å². The van der Waals surface area contributed by atoms with Gasteiger partial charge in [0.15, 0.2) is 0 Å². The fourth-order valence-corrected chi connectivity index (χ4v) is 3.32. The first-order valence-corrected chi connectivity index (χ1v) is 7.87. The van der Waals surface area contributed by atoms with Crippen LogP contribution in [-0.4, -0.2) is 9.78 Å². The number of hydrogen-bond donors (Lipinski definition) is 1. The average molecular weight is 306 g/mol. The van der Waals surface area contributed by atoms with Crippen LogP contribution >= 0.6 is 11.6 Å². The van der Waals surface area contributed by atoms with E-state index in [0.717, 1.165) is 22.8 Å². The smallest absolute Gasteiger partial charge is 0.0644 e. The molecular weight excluding hydrogens is 282 g/mol. The SMILES string of the molecule is CCn1nc(C)c(C(C)N[C@@H](C)c2ccccc2Cl)c1C. The summed E-state index contributed by atoms with van der Waals surface area (Å²) >= 11 is 6.28. The van der Waals surface area contributed by atoms with Crippen LogP contribution in [0.1, 0.15) is 55.4 Å². The third-order valence-electron chi connectivity index (χ3n) is 4.04. The van der Waals surface area contributed by atoms with Crippen LogP contribution in [0.3, 0.4) is 0 Å². The quantitative estimate of drug-likeness (QED) is 0.876. The van der Waals surface area contributed by atoms with Crippen molar-refractivity contribution in [2.24, 2.45) is 0 Å². The molecule has 0 spiro atoms. The van der Waals surface area contributed by atoms with Crippen molar-refractivity contribution < 1.29 is 0 Å². The summed E-state index contributed by atoms with van der Waals surface area (Å²) in [5.41, 5.74) is 4.75. The van der Waals surface area contributed by atoms with Crippen LogP contribution in [0, 0.1) is 13.8 Å². The topological polar surface area (TPSA) is 29.9 Å². The highest BCUT2D eigenvalue weighted by molar-refractivity contribution is 6.31. The molecule has 0 fully saturated rings. The number of hydrogen-bond acceptors (Lipinski definition) is 2. The third-order valence-corrected chi connectivity index (χ3v) is 4.39. The summed E-state index contributed by atoms with van der Waals surface area (Å²) in [5.74, 6) is 0. The van der Waals surface area contributed by atoms with Gasteiger partial charge in [-0.3, -0.25) is 4.68 Å². The molecule has 0 aliphatic rings. The maximum Gasteiger partial charge on any atom is 0.0644 e. The number of benzene rings is 1. The monoisotopic (exact) mass is 305 g/mol. The van der Waals surface area contributed by atoms with Gasteiger partial charge in [-0.25, -0.2) is 0 Å². The minimum Gasteiger partial charge on any atom is -0.303 e. The molecular formula is C17H24ClN3. The second kappa shape index (κ2) is 6.63. The molecule has 0 saturated heterocycles. The summed E-state index contributed by atoms with van der Waals surface area (Å²) in [5, 5.41) is 9.04. The molecule has 2 aromatic rings. The minimum absolute atomic E-state index is 0.192. The van der Waals surface area contributed by atoms with Gasteiger partial charge < -0.3 is 5.32 Å². The Morgan fingerprint density at radius 1 is 1.19 bits per heavy atom. The standard InChI is InChI=1S/C17H24ClN3/c1-6-21-14(5)17(13(4)20-21)12(3)19-11(2)15-9-7-8-10-16(15)18/h7-12,19H,6H2,1-5H3/t11-,12?/m0/s1. The first kappa shape index (κ1) is 16.1. The maximum absolute atomic E-state index is 6.28. The van der Waals surface area contributed by atoms with Gasteiger partial charge in [0.25, 0.3) is 0 Å². The summed E-state index contributed by atoms with van der Waals surface area (Å²) in [7, 11) is 0. The number of nitrogens with zero attached hydrogens (tertiary/aromatic N) is 2. The van der Waals surface area contributed by atoms with Crippen molar-refractivity contribution >= 4 is 11.6 Å². The van der Waals surface area contributed by atoms with Gasteiger partial charge in [0, 0.05) is 34.9 Å². The fraction of sp³-hybridized carbons (Fsp3) is 0.471. The lowest BCUT2D eigenvalue weighted by atomic mass is 10.0. The van der Waals surface area contributed by atoms with E-state index in [9.17, 15) is 0 Å². The van der Waals surface area contributed by atoms with Crippen molar-refractivity contribution in [1.82, 2.24) is 15.1 Å². The van der Waals surface area contributed by atoms with Crippen molar-refractivity contribution in [2.45, 2.75) is 53.2 Å². The van der Waals surface area contributed by atoms with E-state index < -0.39 is 0 Å². The lowest BCUT2D eigenvalue weighted by Gasteiger charge is -2.22. The molecule has 1 aromatic heterocycles. The van der Waals surface area contributed by atoms with E-state index in [1.165, 1.54) is 11.3 Å². The summed E-state index contributed by atoms with van der Waals surface area (Å²) in [6.45, 7) is 11.6. The lowest BCUT2D eigenvalue weighted by Crippen LogP contribution is -2.23. The van der Waals surface area contributed by atoms with Crippen molar-refractivity contribution in [3.8, 4) is 0 Å². The highest BCUT2D eigenvalue weighted by atomic mass is 35.5. The van der Waals surface area contributed by atoms with Gasteiger partial charge in [-0.1, -0.05) is 29.8 Å². The van der Waals surface area contributed by atoms with Gasteiger partial charge in [-0.05, 0) is 46.2 Å². The molecule has 0 aliphatic heterocycles. The van der Waals surface area contributed by atoms with E-state index in [4.69, 9.17) is 11.6 Å². The molecule has 2 atom stereocenters. The summed E-state index contributed by atoms with van der Waals surface area (Å²) in [6.07, 6.45) is 0. The Kier molecular flexibility index (Phi) is 5.07. The minimum atomic E-state index is 0.192. The van der Waals surface area contributed by atoms with Crippen molar-refractivity contribution in [3.63, 3.8) is 0 Å². The van der Waals surface area contributed by atoms with E-state index in [2.05, 4.69) is 55.8 Å². The van der Waals surface area contributed by atoms with E-state index in [-0.39, 0.29) is 12.1 Å². The van der Waals surface area contributed by atoms with Crippen molar-refractivity contribution in [3.05, 3.63) is 51.8 Å². The van der Waals surface area contributed by atoms with E-state index >= 15 is 0 Å². The Bertz CT molecular complexity index is 618. The Labute approximate surface area is 132 Å². The Morgan fingerprint density at radius 3 is 2.43 bits per heavy atom. The largest absolute Gasteiger partial charge is 0.303 e. The summed E-state index contributed by atoms with van der Waals surface area (Å²) < 4.78 is 2.06. The van der Waals surface area contributed by atoms with Crippen molar-refractivity contribution in [1.29, 1.82) is 0 Å². The first-order chi connectivity index (χ1) is 9.95. The zero-order valence-electron chi connectivity index (χ0n) is 13.4. The highest BCUT2D eigenvalue weighted by Crippen LogP contribution is 2.27. The van der Waals surface area contributed by atoms with Crippen LogP contribution in [0.2, 0.25) is 5.02 Å².